The Kier molecular flexibility index (Phi) is 4.93. The highest BCUT2D eigenvalue weighted by Gasteiger charge is 2.37. The number of ketones is 1. The molecule has 2 rings (SSSR count). The van der Waals surface area contributed by atoms with E-state index < -0.39 is 34.8 Å². The van der Waals surface area contributed by atoms with Crippen molar-refractivity contribution in [3.8, 4) is 0 Å². The molecule has 0 aromatic heterocycles. The molecule has 140 valence electrons. The van der Waals surface area contributed by atoms with Crippen LogP contribution in [0.5, 0.6) is 0 Å². The maximum atomic E-state index is 12.9. The lowest BCUT2D eigenvalue weighted by molar-refractivity contribution is -0.143. The van der Waals surface area contributed by atoms with Crippen LogP contribution in [0.3, 0.4) is 0 Å². The van der Waals surface area contributed by atoms with Gasteiger partial charge in [-0.25, -0.2) is 0 Å². The van der Waals surface area contributed by atoms with Crippen molar-refractivity contribution in [2.24, 2.45) is 0 Å². The summed E-state index contributed by atoms with van der Waals surface area (Å²) in [4.78, 5) is 12.4. The zero-order chi connectivity index (χ0) is 19.9. The van der Waals surface area contributed by atoms with Crippen molar-refractivity contribution in [3.05, 3.63) is 64.7 Å². The molecule has 0 aliphatic carbocycles. The van der Waals surface area contributed by atoms with E-state index >= 15 is 0 Å². The standard InChI is InChI=1S/C18H16F6NO/c1-25(2,3)15-6-4-11(5-7-15)16(26)12-8-13(17(19,20)21)10-14(9-12)18(22,23)24/h4-10H,1-3H3/q+1. The Bertz CT molecular complexity index is 781. The van der Waals surface area contributed by atoms with E-state index in [4.69, 9.17) is 0 Å². The monoisotopic (exact) mass is 376 g/mol. The van der Waals surface area contributed by atoms with Gasteiger partial charge < -0.3 is 0 Å². The van der Waals surface area contributed by atoms with E-state index in [2.05, 4.69) is 0 Å². The van der Waals surface area contributed by atoms with Crippen LogP contribution < -0.4 is 4.48 Å². The molecular formula is C18H16F6NO+. The number of carbonyl (C=O) groups is 1. The van der Waals surface area contributed by atoms with Gasteiger partial charge in [0, 0.05) is 11.1 Å². The summed E-state index contributed by atoms with van der Waals surface area (Å²) in [5.74, 6) is -0.908. The van der Waals surface area contributed by atoms with E-state index in [9.17, 15) is 31.1 Å². The van der Waals surface area contributed by atoms with Gasteiger partial charge in [-0.2, -0.15) is 26.3 Å². The van der Waals surface area contributed by atoms with Crippen LogP contribution in [0.25, 0.3) is 0 Å². The van der Waals surface area contributed by atoms with E-state index in [0.29, 0.717) is 16.6 Å². The van der Waals surface area contributed by atoms with E-state index in [0.717, 1.165) is 5.69 Å². The SMILES string of the molecule is C[N+](C)(C)c1ccc(C(=O)c2cc(C(F)(F)F)cc(C(F)(F)F)c2)cc1. The van der Waals surface area contributed by atoms with E-state index in [1.807, 2.05) is 21.1 Å². The third-order valence-electron chi connectivity index (χ3n) is 3.75. The Hall–Kier alpha value is -2.35. The minimum absolute atomic E-state index is 0.00301. The lowest BCUT2D eigenvalue weighted by Gasteiger charge is -2.23. The van der Waals surface area contributed by atoms with Crippen LogP contribution in [0.4, 0.5) is 32.0 Å². The van der Waals surface area contributed by atoms with Crippen LogP contribution in [-0.2, 0) is 12.4 Å². The van der Waals surface area contributed by atoms with Crippen LogP contribution in [0.2, 0.25) is 0 Å². The summed E-state index contributed by atoms with van der Waals surface area (Å²) in [6.45, 7) is 0. The van der Waals surface area contributed by atoms with Crippen LogP contribution in [0.1, 0.15) is 27.0 Å². The van der Waals surface area contributed by atoms with Crippen molar-refractivity contribution < 1.29 is 31.1 Å². The third kappa shape index (κ3) is 4.43. The minimum Gasteiger partial charge on any atom is -0.298 e. The van der Waals surface area contributed by atoms with E-state index in [-0.39, 0.29) is 11.6 Å². The fourth-order valence-corrected chi connectivity index (χ4v) is 2.31. The first kappa shape index (κ1) is 20.0. The van der Waals surface area contributed by atoms with Gasteiger partial charge in [-0.1, -0.05) is 0 Å². The van der Waals surface area contributed by atoms with Crippen molar-refractivity contribution >= 4 is 11.5 Å². The smallest absolute Gasteiger partial charge is 0.298 e. The first-order chi connectivity index (χ1) is 11.7. The summed E-state index contributed by atoms with van der Waals surface area (Å²) in [6.07, 6.45) is -9.99. The molecule has 0 bridgehead atoms. The Balaban J connectivity index is 2.51. The van der Waals surface area contributed by atoms with Gasteiger partial charge in [0.25, 0.3) is 0 Å². The number of benzene rings is 2. The molecule has 8 heteroatoms. The van der Waals surface area contributed by atoms with Gasteiger partial charge in [0.15, 0.2) is 5.78 Å². The van der Waals surface area contributed by atoms with Gasteiger partial charge in [0.05, 0.1) is 32.3 Å². The summed E-state index contributed by atoms with van der Waals surface area (Å²) in [5, 5.41) is 0. The van der Waals surface area contributed by atoms with Gasteiger partial charge >= 0.3 is 12.4 Å². The lowest BCUT2D eigenvalue weighted by atomic mass is 9.98. The maximum absolute atomic E-state index is 12.9. The number of quaternary nitrogens is 1. The predicted molar refractivity (Wildman–Crippen MR) is 85.9 cm³/mol. The Morgan fingerprint density at radius 3 is 1.50 bits per heavy atom. The molecule has 0 unspecified atom stereocenters. The fraction of sp³-hybridized carbons (Fsp3) is 0.278. The summed E-state index contributed by atoms with van der Waals surface area (Å²) in [6, 6.07) is 6.84. The molecule has 0 atom stereocenters. The molecule has 2 nitrogen and oxygen atoms in total. The average Bonchev–Trinajstić information content (AvgIpc) is 2.51. The molecular weight excluding hydrogens is 360 g/mol. The topological polar surface area (TPSA) is 17.1 Å². The quantitative estimate of drug-likeness (QED) is 0.411. The Morgan fingerprint density at radius 2 is 1.15 bits per heavy atom. The summed E-state index contributed by atoms with van der Waals surface area (Å²) in [5.41, 5.74) is -2.86. The number of alkyl halides is 6. The molecule has 0 N–H and O–H groups in total. The first-order valence-corrected chi connectivity index (χ1v) is 7.46. The third-order valence-corrected chi connectivity index (χ3v) is 3.75. The van der Waals surface area contributed by atoms with Gasteiger partial charge in [-0.3, -0.25) is 9.28 Å². The van der Waals surface area contributed by atoms with Gasteiger partial charge in [-0.05, 0) is 42.5 Å². The zero-order valence-corrected chi connectivity index (χ0v) is 14.2. The molecule has 2 aromatic rings. The van der Waals surface area contributed by atoms with E-state index in [1.165, 1.54) is 12.1 Å². The molecule has 0 radical (unpaired) electrons. The predicted octanol–water partition coefficient (Wildman–Crippen LogP) is 5.15. The minimum atomic E-state index is -5.00. The largest absolute Gasteiger partial charge is 0.416 e. The summed E-state index contributed by atoms with van der Waals surface area (Å²) in [7, 11) is 5.62. The van der Waals surface area contributed by atoms with Crippen molar-refractivity contribution in [1.82, 2.24) is 4.48 Å². The molecule has 0 aliphatic heterocycles. The molecule has 0 heterocycles. The van der Waals surface area contributed by atoms with Crippen molar-refractivity contribution in [3.63, 3.8) is 0 Å². The van der Waals surface area contributed by atoms with Crippen LogP contribution in [0, 0.1) is 0 Å². The number of halogens is 6. The second-order valence-electron chi connectivity index (χ2n) is 6.68. The second-order valence-corrected chi connectivity index (χ2v) is 6.68. The van der Waals surface area contributed by atoms with Crippen LogP contribution >= 0.6 is 0 Å². The van der Waals surface area contributed by atoms with E-state index in [1.54, 1.807) is 12.1 Å². The van der Waals surface area contributed by atoms with Gasteiger partial charge in [-0.15, -0.1) is 0 Å². The maximum Gasteiger partial charge on any atom is 0.416 e. The Labute approximate surface area is 146 Å². The molecule has 0 amide bonds. The number of carbonyl (C=O) groups excluding carboxylic acids is 1. The molecule has 2 aromatic carbocycles. The lowest BCUT2D eigenvalue weighted by Crippen LogP contribution is -2.34. The first-order valence-electron chi connectivity index (χ1n) is 7.46. The zero-order valence-electron chi connectivity index (χ0n) is 14.2. The number of rotatable bonds is 3. The number of hydrogen-bond acceptors (Lipinski definition) is 1. The summed E-state index contributed by atoms with van der Waals surface area (Å²) < 4.78 is 77.9. The highest BCUT2D eigenvalue weighted by atomic mass is 19.4. The van der Waals surface area contributed by atoms with Gasteiger partial charge in [0.2, 0.25) is 0 Å². The van der Waals surface area contributed by atoms with Gasteiger partial charge in [0.1, 0.15) is 5.69 Å². The molecule has 0 saturated heterocycles. The van der Waals surface area contributed by atoms with Crippen LogP contribution in [-0.4, -0.2) is 26.9 Å². The summed E-state index contributed by atoms with van der Waals surface area (Å²) >= 11 is 0. The Morgan fingerprint density at radius 1 is 0.731 bits per heavy atom. The highest BCUT2D eigenvalue weighted by Crippen LogP contribution is 2.36. The number of hydrogen-bond donors (Lipinski definition) is 0. The number of nitrogens with zero attached hydrogens (tertiary/aromatic N) is 1. The van der Waals surface area contributed by atoms with Crippen molar-refractivity contribution in [2.75, 3.05) is 21.1 Å². The average molecular weight is 376 g/mol. The van der Waals surface area contributed by atoms with Crippen molar-refractivity contribution in [1.29, 1.82) is 0 Å². The molecule has 0 spiro atoms. The normalized spacial score (nSPS) is 13.0. The molecule has 0 saturated carbocycles. The van der Waals surface area contributed by atoms with Crippen LogP contribution in [0.15, 0.2) is 42.5 Å². The highest BCUT2D eigenvalue weighted by molar-refractivity contribution is 6.09. The molecule has 26 heavy (non-hydrogen) atoms. The fourth-order valence-electron chi connectivity index (χ4n) is 2.31. The molecule has 0 fully saturated rings. The van der Waals surface area contributed by atoms with Crippen molar-refractivity contribution in [2.45, 2.75) is 12.4 Å². The second kappa shape index (κ2) is 6.42. The molecule has 0 aliphatic rings.